The molecule has 1 unspecified atom stereocenters. The summed E-state index contributed by atoms with van der Waals surface area (Å²) >= 11 is 0. The number of nitrogens with zero attached hydrogens (tertiary/aromatic N) is 3. The summed E-state index contributed by atoms with van der Waals surface area (Å²) in [4.78, 5) is 19.5. The summed E-state index contributed by atoms with van der Waals surface area (Å²) in [6.07, 6.45) is 1.18. The first kappa shape index (κ1) is 21.3. The van der Waals surface area contributed by atoms with Gasteiger partial charge in [0.2, 0.25) is 6.79 Å². The van der Waals surface area contributed by atoms with Gasteiger partial charge in [-0.15, -0.1) is 0 Å². The molecule has 5 rings (SSSR count). The van der Waals surface area contributed by atoms with Crippen LogP contribution in [0, 0.1) is 0 Å². The number of amides is 1. The topological polar surface area (TPSA) is 45.3 Å². The number of ether oxygens (including phenoxy) is 2. The van der Waals surface area contributed by atoms with Gasteiger partial charge in [-0.05, 0) is 80.2 Å². The number of carbonyl (C=O) groups excluding carboxylic acids is 1. The van der Waals surface area contributed by atoms with E-state index in [-0.39, 0.29) is 12.7 Å². The number of carbonyl (C=O) groups is 1. The molecule has 0 spiro atoms. The maximum atomic E-state index is 13.1. The molecule has 3 aromatic rings. The first-order chi connectivity index (χ1) is 16.0. The van der Waals surface area contributed by atoms with Crippen molar-refractivity contribution in [2.24, 2.45) is 0 Å². The minimum atomic E-state index is -0.0335. The second kappa shape index (κ2) is 8.79. The number of fused-ring (bicyclic) bond motifs is 1. The molecule has 33 heavy (non-hydrogen) atoms. The van der Waals surface area contributed by atoms with Gasteiger partial charge in [0.05, 0.1) is 0 Å². The van der Waals surface area contributed by atoms with Crippen molar-refractivity contribution in [1.29, 1.82) is 0 Å². The number of benzene rings is 3. The molecule has 1 atom stereocenters. The molecule has 6 nitrogen and oxygen atoms in total. The van der Waals surface area contributed by atoms with E-state index in [0.717, 1.165) is 41.4 Å². The van der Waals surface area contributed by atoms with Gasteiger partial charge in [-0.1, -0.05) is 18.2 Å². The van der Waals surface area contributed by atoms with Crippen molar-refractivity contribution in [2.75, 3.05) is 50.8 Å². The van der Waals surface area contributed by atoms with Crippen molar-refractivity contribution in [3.63, 3.8) is 0 Å². The molecular formula is C27H29N3O3. The average Bonchev–Trinajstić information content (AvgIpc) is 3.53. The molecule has 2 heterocycles. The minimum Gasteiger partial charge on any atom is -0.454 e. The quantitative estimate of drug-likeness (QED) is 0.581. The van der Waals surface area contributed by atoms with E-state index in [1.807, 2.05) is 61.6 Å². The summed E-state index contributed by atoms with van der Waals surface area (Å²) in [5.41, 5.74) is 4.79. The van der Waals surface area contributed by atoms with E-state index >= 15 is 0 Å². The summed E-state index contributed by atoms with van der Waals surface area (Å²) in [6, 6.07) is 22.4. The lowest BCUT2D eigenvalue weighted by atomic mass is 10.0. The SMILES string of the molecule is CN(C(=O)c1ccc(-c2ccc3c(c2)OCO3)cc1)c1ccc(N2CCC(N(C)C)C2)cc1. The van der Waals surface area contributed by atoms with Crippen molar-refractivity contribution in [1.82, 2.24) is 4.90 Å². The molecule has 170 valence electrons. The van der Waals surface area contributed by atoms with Gasteiger partial charge in [0.1, 0.15) is 0 Å². The van der Waals surface area contributed by atoms with Gasteiger partial charge in [0, 0.05) is 43.1 Å². The van der Waals surface area contributed by atoms with Gasteiger partial charge in [-0.2, -0.15) is 0 Å². The predicted molar refractivity (Wildman–Crippen MR) is 131 cm³/mol. The summed E-state index contributed by atoms with van der Waals surface area (Å²) in [6.45, 7) is 2.36. The number of anilines is 2. The molecule has 0 bridgehead atoms. The largest absolute Gasteiger partial charge is 0.454 e. The predicted octanol–water partition coefficient (Wildman–Crippen LogP) is 4.50. The first-order valence-electron chi connectivity index (χ1n) is 11.3. The zero-order valence-electron chi connectivity index (χ0n) is 19.3. The second-order valence-corrected chi connectivity index (χ2v) is 8.88. The van der Waals surface area contributed by atoms with E-state index in [1.165, 1.54) is 12.1 Å². The molecule has 0 radical (unpaired) electrons. The Morgan fingerprint density at radius 2 is 1.58 bits per heavy atom. The van der Waals surface area contributed by atoms with Gasteiger partial charge in [-0.25, -0.2) is 0 Å². The van der Waals surface area contributed by atoms with Crippen LogP contribution in [-0.2, 0) is 0 Å². The summed E-state index contributed by atoms with van der Waals surface area (Å²) in [7, 11) is 6.10. The zero-order chi connectivity index (χ0) is 22.9. The third-order valence-electron chi connectivity index (χ3n) is 6.64. The smallest absolute Gasteiger partial charge is 0.258 e. The van der Waals surface area contributed by atoms with E-state index in [2.05, 4.69) is 36.0 Å². The fourth-order valence-corrected chi connectivity index (χ4v) is 4.48. The van der Waals surface area contributed by atoms with Crippen LogP contribution in [0.25, 0.3) is 11.1 Å². The van der Waals surface area contributed by atoms with Crippen LogP contribution in [0.3, 0.4) is 0 Å². The highest BCUT2D eigenvalue weighted by Gasteiger charge is 2.24. The Labute approximate surface area is 194 Å². The van der Waals surface area contributed by atoms with Crippen LogP contribution < -0.4 is 19.3 Å². The Morgan fingerprint density at radius 3 is 2.27 bits per heavy atom. The van der Waals surface area contributed by atoms with Gasteiger partial charge in [0.15, 0.2) is 11.5 Å². The minimum absolute atomic E-state index is 0.0335. The van der Waals surface area contributed by atoms with E-state index in [0.29, 0.717) is 11.6 Å². The summed E-state index contributed by atoms with van der Waals surface area (Å²) < 4.78 is 10.9. The monoisotopic (exact) mass is 443 g/mol. The van der Waals surface area contributed by atoms with Crippen LogP contribution in [0.4, 0.5) is 11.4 Å². The van der Waals surface area contributed by atoms with Crippen LogP contribution in [0.5, 0.6) is 11.5 Å². The van der Waals surface area contributed by atoms with E-state index < -0.39 is 0 Å². The Kier molecular flexibility index (Phi) is 5.68. The lowest BCUT2D eigenvalue weighted by Gasteiger charge is -2.23. The molecule has 0 N–H and O–H groups in total. The molecule has 1 saturated heterocycles. The van der Waals surface area contributed by atoms with Crippen molar-refractivity contribution in [3.8, 4) is 22.6 Å². The van der Waals surface area contributed by atoms with Gasteiger partial charge in [-0.3, -0.25) is 4.79 Å². The number of likely N-dealkylation sites (N-methyl/N-ethyl adjacent to an activating group) is 1. The molecule has 2 aliphatic rings. The van der Waals surface area contributed by atoms with Crippen molar-refractivity contribution in [3.05, 3.63) is 72.3 Å². The Hall–Kier alpha value is -3.51. The maximum Gasteiger partial charge on any atom is 0.258 e. The van der Waals surface area contributed by atoms with Gasteiger partial charge >= 0.3 is 0 Å². The Balaban J connectivity index is 1.26. The van der Waals surface area contributed by atoms with Crippen molar-refractivity contribution >= 4 is 17.3 Å². The number of rotatable bonds is 5. The van der Waals surface area contributed by atoms with Crippen LogP contribution in [0.2, 0.25) is 0 Å². The molecule has 2 aliphatic heterocycles. The molecule has 0 aromatic heterocycles. The van der Waals surface area contributed by atoms with Gasteiger partial charge in [0.25, 0.3) is 5.91 Å². The third kappa shape index (κ3) is 4.26. The van der Waals surface area contributed by atoms with Gasteiger partial charge < -0.3 is 24.2 Å². The molecular weight excluding hydrogens is 414 g/mol. The van der Waals surface area contributed by atoms with E-state index in [9.17, 15) is 4.79 Å². The number of hydrogen-bond acceptors (Lipinski definition) is 5. The molecule has 0 saturated carbocycles. The summed E-state index contributed by atoms with van der Waals surface area (Å²) in [5.74, 6) is 1.48. The van der Waals surface area contributed by atoms with Crippen LogP contribution in [0.1, 0.15) is 16.8 Å². The van der Waals surface area contributed by atoms with E-state index in [4.69, 9.17) is 9.47 Å². The molecule has 3 aromatic carbocycles. The number of hydrogen-bond donors (Lipinski definition) is 0. The summed E-state index contributed by atoms with van der Waals surface area (Å²) in [5, 5.41) is 0. The average molecular weight is 444 g/mol. The highest BCUT2D eigenvalue weighted by Crippen LogP contribution is 2.36. The second-order valence-electron chi connectivity index (χ2n) is 8.88. The standard InChI is InChI=1S/C27H29N3O3/c1-28(2)24-14-15-30(17-24)23-11-9-22(10-12-23)29(3)27(31)20-6-4-19(5-7-20)21-8-13-25-26(16-21)33-18-32-25/h4-13,16,24H,14-15,17-18H2,1-3H3. The highest BCUT2D eigenvalue weighted by atomic mass is 16.7. The van der Waals surface area contributed by atoms with Crippen LogP contribution >= 0.6 is 0 Å². The molecule has 1 fully saturated rings. The van der Waals surface area contributed by atoms with Crippen LogP contribution in [0.15, 0.2) is 66.7 Å². The first-order valence-corrected chi connectivity index (χ1v) is 11.3. The lowest BCUT2D eigenvalue weighted by Crippen LogP contribution is -2.31. The Bertz CT molecular complexity index is 1140. The zero-order valence-corrected chi connectivity index (χ0v) is 19.3. The maximum absolute atomic E-state index is 13.1. The fraction of sp³-hybridized carbons (Fsp3) is 0.296. The fourth-order valence-electron chi connectivity index (χ4n) is 4.48. The molecule has 6 heteroatoms. The Morgan fingerprint density at radius 1 is 0.879 bits per heavy atom. The van der Waals surface area contributed by atoms with E-state index in [1.54, 1.807) is 4.90 Å². The molecule has 1 amide bonds. The highest BCUT2D eigenvalue weighted by molar-refractivity contribution is 6.06. The molecule has 0 aliphatic carbocycles. The third-order valence-corrected chi connectivity index (χ3v) is 6.64. The van der Waals surface area contributed by atoms with Crippen LogP contribution in [-0.4, -0.2) is 57.9 Å². The van der Waals surface area contributed by atoms with Crippen molar-refractivity contribution in [2.45, 2.75) is 12.5 Å². The normalized spacial score (nSPS) is 17.0. The lowest BCUT2D eigenvalue weighted by molar-refractivity contribution is 0.0993. The van der Waals surface area contributed by atoms with Crippen molar-refractivity contribution < 1.29 is 14.3 Å².